The molecule has 1 atom stereocenters. The molecule has 5 nitrogen and oxygen atoms in total. The number of nitrogens with zero attached hydrogens (tertiary/aromatic N) is 1. The zero-order valence-electron chi connectivity index (χ0n) is 22.9. The molecule has 0 saturated heterocycles. The van der Waals surface area contributed by atoms with Gasteiger partial charge < -0.3 is 19.7 Å². The Morgan fingerprint density at radius 3 is 2.27 bits per heavy atom. The summed E-state index contributed by atoms with van der Waals surface area (Å²) < 4.78 is 28.5. The van der Waals surface area contributed by atoms with Crippen molar-refractivity contribution in [2.24, 2.45) is 0 Å². The number of carbonyl (C=O) groups excluding carboxylic acids is 1. The topological polar surface area (TPSA) is 50.8 Å². The SMILES string of the molecule is CCCCN(CCCC)c1cccc(Nc2ccc3c(c2)C2(OC(=O)c4ccccc42)c2ccccc2O3)c1F. The van der Waals surface area contributed by atoms with E-state index in [9.17, 15) is 4.79 Å². The van der Waals surface area contributed by atoms with Gasteiger partial charge in [0.25, 0.3) is 0 Å². The van der Waals surface area contributed by atoms with E-state index in [1.54, 1.807) is 12.1 Å². The summed E-state index contributed by atoms with van der Waals surface area (Å²) in [5, 5.41) is 3.30. The van der Waals surface area contributed by atoms with Crippen molar-refractivity contribution in [3.63, 3.8) is 0 Å². The minimum absolute atomic E-state index is 0.277. The number of nitrogens with one attached hydrogen (secondary N) is 1. The van der Waals surface area contributed by atoms with Crippen LogP contribution in [0.15, 0.2) is 84.9 Å². The van der Waals surface area contributed by atoms with E-state index < -0.39 is 5.60 Å². The largest absolute Gasteiger partial charge is 0.456 e. The lowest BCUT2D eigenvalue weighted by molar-refractivity contribution is 0.0224. The van der Waals surface area contributed by atoms with Crippen molar-refractivity contribution in [2.75, 3.05) is 23.3 Å². The molecule has 6 heteroatoms. The molecule has 1 spiro atoms. The molecule has 1 N–H and O–H groups in total. The Balaban J connectivity index is 1.41. The van der Waals surface area contributed by atoms with Crippen LogP contribution in [0.1, 0.15) is 66.6 Å². The number of halogens is 1. The van der Waals surface area contributed by atoms with E-state index in [1.165, 1.54) is 0 Å². The van der Waals surface area contributed by atoms with E-state index in [0.29, 0.717) is 39.7 Å². The first kappa shape index (κ1) is 25.9. The van der Waals surface area contributed by atoms with Gasteiger partial charge in [0.05, 0.1) is 16.9 Å². The number of esters is 1. The molecule has 0 bridgehead atoms. The number of carbonyl (C=O) groups is 1. The maximum atomic E-state index is 15.9. The fourth-order valence-corrected chi connectivity index (χ4v) is 5.77. The fourth-order valence-electron chi connectivity index (χ4n) is 5.77. The Morgan fingerprint density at radius 2 is 1.50 bits per heavy atom. The van der Waals surface area contributed by atoms with E-state index in [-0.39, 0.29) is 11.8 Å². The molecule has 0 saturated carbocycles. The number of rotatable bonds is 9. The van der Waals surface area contributed by atoms with Crippen molar-refractivity contribution in [1.82, 2.24) is 0 Å². The molecule has 0 radical (unpaired) electrons. The van der Waals surface area contributed by atoms with Gasteiger partial charge in [0.15, 0.2) is 11.4 Å². The van der Waals surface area contributed by atoms with Gasteiger partial charge in [0.1, 0.15) is 11.5 Å². The minimum Gasteiger partial charge on any atom is -0.456 e. The highest BCUT2D eigenvalue weighted by Crippen LogP contribution is 2.56. The number of anilines is 3. The molecule has 6 rings (SSSR count). The maximum absolute atomic E-state index is 15.9. The second-order valence-electron chi connectivity index (χ2n) is 10.4. The molecule has 1 unspecified atom stereocenters. The number of fused-ring (bicyclic) bond motifs is 6. The van der Waals surface area contributed by atoms with Crippen LogP contribution in [-0.2, 0) is 10.3 Å². The summed E-state index contributed by atoms with van der Waals surface area (Å²) in [7, 11) is 0. The normalized spacial score (nSPS) is 16.5. The predicted molar refractivity (Wildman–Crippen MR) is 156 cm³/mol. The summed E-state index contributed by atoms with van der Waals surface area (Å²) in [5.74, 6) is 0.572. The van der Waals surface area contributed by atoms with Crippen LogP contribution in [0.3, 0.4) is 0 Å². The van der Waals surface area contributed by atoms with Crippen LogP contribution in [0, 0.1) is 5.82 Å². The van der Waals surface area contributed by atoms with Gasteiger partial charge in [0.2, 0.25) is 0 Å². The van der Waals surface area contributed by atoms with Gasteiger partial charge in [0, 0.05) is 35.5 Å². The van der Waals surface area contributed by atoms with Gasteiger partial charge in [-0.05, 0) is 55.3 Å². The third-order valence-electron chi connectivity index (χ3n) is 7.78. The summed E-state index contributed by atoms with van der Waals surface area (Å²) in [6, 6.07) is 26.2. The molecular weight excluding hydrogens is 503 g/mol. The number of ether oxygens (including phenoxy) is 2. The average molecular weight is 537 g/mol. The fraction of sp³-hybridized carbons (Fsp3) is 0.265. The van der Waals surface area contributed by atoms with Crippen LogP contribution < -0.4 is 15.0 Å². The zero-order chi connectivity index (χ0) is 27.7. The molecule has 0 aliphatic carbocycles. The Morgan fingerprint density at radius 1 is 0.800 bits per heavy atom. The lowest BCUT2D eigenvalue weighted by atomic mass is 9.77. The first-order chi connectivity index (χ1) is 19.6. The van der Waals surface area contributed by atoms with Gasteiger partial charge in [-0.3, -0.25) is 0 Å². The maximum Gasteiger partial charge on any atom is 0.340 e. The van der Waals surface area contributed by atoms with Crippen LogP contribution in [0.5, 0.6) is 11.5 Å². The smallest absolute Gasteiger partial charge is 0.340 e. The molecule has 4 aromatic carbocycles. The van der Waals surface area contributed by atoms with Crippen molar-refractivity contribution in [2.45, 2.75) is 45.1 Å². The summed E-state index contributed by atoms with van der Waals surface area (Å²) in [4.78, 5) is 15.2. The predicted octanol–water partition coefficient (Wildman–Crippen LogP) is 8.54. The molecule has 204 valence electrons. The first-order valence-electron chi connectivity index (χ1n) is 14.1. The quantitative estimate of drug-likeness (QED) is 0.217. The highest BCUT2D eigenvalue weighted by molar-refractivity contribution is 5.97. The molecule has 0 fully saturated rings. The number of para-hydroxylation sites is 1. The lowest BCUT2D eigenvalue weighted by Crippen LogP contribution is -2.33. The van der Waals surface area contributed by atoms with Gasteiger partial charge >= 0.3 is 5.97 Å². The second kappa shape index (κ2) is 10.7. The summed E-state index contributed by atoms with van der Waals surface area (Å²) >= 11 is 0. The molecule has 2 aliphatic rings. The van der Waals surface area contributed by atoms with Crippen LogP contribution in [0.2, 0.25) is 0 Å². The van der Waals surface area contributed by atoms with E-state index >= 15 is 4.39 Å². The Bertz CT molecular complexity index is 1560. The van der Waals surface area contributed by atoms with Gasteiger partial charge in [-0.15, -0.1) is 0 Å². The Kier molecular flexibility index (Phi) is 6.93. The molecule has 0 aromatic heterocycles. The lowest BCUT2D eigenvalue weighted by Gasteiger charge is -2.36. The standard InChI is InChI=1S/C34H33FN2O3/c1-3-5-20-37(21-6-4-2)29-16-11-15-28(32(29)35)36-23-18-19-31-27(22-23)34(26-14-9-10-17-30(26)39-31)25-13-8-7-12-24(25)33(38)40-34/h7-19,22,36H,3-6,20-21H2,1-2H3. The molecular formula is C34H33FN2O3. The van der Waals surface area contributed by atoms with E-state index in [4.69, 9.17) is 9.47 Å². The van der Waals surface area contributed by atoms with Gasteiger partial charge in [-0.1, -0.05) is 69.2 Å². The third kappa shape index (κ3) is 4.28. The molecule has 40 heavy (non-hydrogen) atoms. The first-order valence-corrected chi connectivity index (χ1v) is 14.1. The van der Waals surface area contributed by atoms with Crippen molar-refractivity contribution in [3.05, 3.63) is 113 Å². The van der Waals surface area contributed by atoms with E-state index in [0.717, 1.165) is 49.9 Å². The Labute approximate surface area is 234 Å². The number of hydrogen-bond acceptors (Lipinski definition) is 5. The average Bonchev–Trinajstić information content (AvgIpc) is 3.28. The van der Waals surface area contributed by atoms with Crippen LogP contribution >= 0.6 is 0 Å². The summed E-state index contributed by atoms with van der Waals surface area (Å²) in [6.07, 6.45) is 4.13. The van der Waals surface area contributed by atoms with E-state index in [2.05, 4.69) is 24.1 Å². The zero-order valence-corrected chi connectivity index (χ0v) is 22.9. The van der Waals surface area contributed by atoms with Crippen LogP contribution in [0.4, 0.5) is 21.5 Å². The number of hydrogen-bond donors (Lipinski definition) is 1. The van der Waals surface area contributed by atoms with Gasteiger partial charge in [-0.25, -0.2) is 9.18 Å². The number of unbranched alkanes of at least 4 members (excludes halogenated alkanes) is 2. The number of benzene rings is 4. The van der Waals surface area contributed by atoms with Crippen molar-refractivity contribution < 1.29 is 18.7 Å². The molecule has 2 aliphatic heterocycles. The monoisotopic (exact) mass is 536 g/mol. The molecule has 0 amide bonds. The summed E-state index contributed by atoms with van der Waals surface area (Å²) in [6.45, 7) is 5.94. The highest BCUT2D eigenvalue weighted by Gasteiger charge is 2.53. The van der Waals surface area contributed by atoms with E-state index in [1.807, 2.05) is 72.8 Å². The summed E-state index contributed by atoms with van der Waals surface area (Å²) in [5.41, 5.74) is 3.26. The van der Waals surface area contributed by atoms with Gasteiger partial charge in [-0.2, -0.15) is 0 Å². The second-order valence-corrected chi connectivity index (χ2v) is 10.4. The third-order valence-corrected chi connectivity index (χ3v) is 7.78. The van der Waals surface area contributed by atoms with Crippen LogP contribution in [0.25, 0.3) is 0 Å². The highest BCUT2D eigenvalue weighted by atomic mass is 19.1. The van der Waals surface area contributed by atoms with Crippen molar-refractivity contribution in [3.8, 4) is 11.5 Å². The van der Waals surface area contributed by atoms with Crippen molar-refractivity contribution in [1.29, 1.82) is 0 Å². The molecule has 4 aromatic rings. The van der Waals surface area contributed by atoms with Crippen molar-refractivity contribution >= 4 is 23.0 Å². The minimum atomic E-state index is -1.16. The molecule has 2 heterocycles. The Hall–Kier alpha value is -4.32. The van der Waals surface area contributed by atoms with Crippen LogP contribution in [-0.4, -0.2) is 19.1 Å².